The minimum atomic E-state index is -0.204. The Morgan fingerprint density at radius 3 is 2.69 bits per heavy atom. The normalized spacial score (nSPS) is 17.9. The second kappa shape index (κ2) is 7.14. The number of nitrogens with one attached hydrogen (secondary N) is 2. The van der Waals surface area contributed by atoms with Crippen molar-refractivity contribution in [1.82, 2.24) is 10.3 Å². The van der Waals surface area contributed by atoms with Crippen molar-refractivity contribution < 1.29 is 9.53 Å². The van der Waals surface area contributed by atoms with Gasteiger partial charge >= 0.3 is 0 Å². The number of amides is 1. The van der Waals surface area contributed by atoms with Crippen molar-refractivity contribution in [2.45, 2.75) is 25.0 Å². The average molecular weight is 348 g/mol. The molecule has 1 aliphatic rings. The molecular formula is C21H20N2O3. The quantitative estimate of drug-likeness (QED) is 0.761. The van der Waals surface area contributed by atoms with Gasteiger partial charge < -0.3 is 15.0 Å². The van der Waals surface area contributed by atoms with Gasteiger partial charge in [-0.25, -0.2) is 0 Å². The Morgan fingerprint density at radius 2 is 1.92 bits per heavy atom. The number of H-pyrrole nitrogens is 1. The average Bonchev–Trinajstić information content (AvgIpc) is 3.20. The molecule has 1 saturated heterocycles. The number of ether oxygens (including phenoxy) is 1. The number of hydrogen-bond donors (Lipinski definition) is 2. The summed E-state index contributed by atoms with van der Waals surface area (Å²) in [6, 6.07) is 18.2. The monoisotopic (exact) mass is 348 g/mol. The first-order valence-electron chi connectivity index (χ1n) is 8.82. The summed E-state index contributed by atoms with van der Waals surface area (Å²) in [4.78, 5) is 27.3. The molecule has 0 aliphatic carbocycles. The Balaban J connectivity index is 1.68. The number of rotatable bonds is 4. The zero-order valence-corrected chi connectivity index (χ0v) is 14.3. The first kappa shape index (κ1) is 16.5. The summed E-state index contributed by atoms with van der Waals surface area (Å²) in [5.41, 5.74) is 2.04. The van der Waals surface area contributed by atoms with Gasteiger partial charge in [0.25, 0.3) is 5.91 Å². The number of carbonyl (C=O) groups excluding carboxylic acids is 1. The maximum absolute atomic E-state index is 13.0. The van der Waals surface area contributed by atoms with Crippen LogP contribution in [0.3, 0.4) is 0 Å². The molecule has 0 bridgehead atoms. The summed E-state index contributed by atoms with van der Waals surface area (Å²) in [5.74, 6) is -0.174. The lowest BCUT2D eigenvalue weighted by Crippen LogP contribution is -2.36. The summed E-state index contributed by atoms with van der Waals surface area (Å²) in [6.07, 6.45) is 1.89. The predicted molar refractivity (Wildman–Crippen MR) is 100 cm³/mol. The molecule has 5 heteroatoms. The molecule has 5 nitrogen and oxygen atoms in total. The van der Waals surface area contributed by atoms with Crippen LogP contribution in [0.2, 0.25) is 0 Å². The molecule has 0 radical (unpaired) electrons. The zero-order chi connectivity index (χ0) is 17.9. The Labute approximate surface area is 151 Å². The van der Waals surface area contributed by atoms with Crippen molar-refractivity contribution in [3.8, 4) is 0 Å². The second-order valence-corrected chi connectivity index (χ2v) is 6.50. The molecule has 2 heterocycles. The van der Waals surface area contributed by atoms with Gasteiger partial charge in [0.1, 0.15) is 0 Å². The van der Waals surface area contributed by atoms with E-state index in [2.05, 4.69) is 10.3 Å². The van der Waals surface area contributed by atoms with Gasteiger partial charge in [0.15, 0.2) is 0 Å². The van der Waals surface area contributed by atoms with Crippen LogP contribution in [-0.4, -0.2) is 23.6 Å². The van der Waals surface area contributed by atoms with E-state index in [9.17, 15) is 9.59 Å². The van der Waals surface area contributed by atoms with Crippen molar-refractivity contribution in [2.24, 2.45) is 0 Å². The largest absolute Gasteiger partial charge is 0.376 e. The van der Waals surface area contributed by atoms with Crippen LogP contribution in [0.25, 0.3) is 10.9 Å². The van der Waals surface area contributed by atoms with E-state index in [0.717, 1.165) is 30.4 Å². The van der Waals surface area contributed by atoms with E-state index >= 15 is 0 Å². The maximum atomic E-state index is 13.0. The number of carbonyl (C=O) groups is 1. The molecule has 4 rings (SSSR count). The van der Waals surface area contributed by atoms with Gasteiger partial charge in [-0.15, -0.1) is 0 Å². The van der Waals surface area contributed by atoms with E-state index in [0.29, 0.717) is 11.1 Å². The van der Waals surface area contributed by atoms with E-state index in [1.165, 1.54) is 6.07 Å². The molecule has 3 aromatic rings. The van der Waals surface area contributed by atoms with Crippen LogP contribution in [-0.2, 0) is 4.74 Å². The van der Waals surface area contributed by atoms with Gasteiger partial charge in [-0.1, -0.05) is 36.4 Å². The number of hydrogen-bond acceptors (Lipinski definition) is 3. The molecule has 2 N–H and O–H groups in total. The summed E-state index contributed by atoms with van der Waals surface area (Å²) < 4.78 is 5.85. The summed E-state index contributed by atoms with van der Waals surface area (Å²) in [5, 5.41) is 3.87. The first-order valence-corrected chi connectivity index (χ1v) is 8.82. The Hall–Kier alpha value is -2.92. The van der Waals surface area contributed by atoms with Crippen molar-refractivity contribution in [1.29, 1.82) is 0 Å². The summed E-state index contributed by atoms with van der Waals surface area (Å²) in [6.45, 7) is 0.722. The molecule has 1 amide bonds. The number of aromatic amines is 1. The third-order valence-corrected chi connectivity index (χ3v) is 4.79. The SMILES string of the molecule is O=C(NC(c1ccccc1)C1CCCO1)c1cccc2[nH]c(=O)ccc12. The Morgan fingerprint density at radius 1 is 1.08 bits per heavy atom. The lowest BCUT2D eigenvalue weighted by atomic mass is 9.98. The van der Waals surface area contributed by atoms with Crippen LogP contribution in [0.5, 0.6) is 0 Å². The Bertz CT molecular complexity index is 975. The predicted octanol–water partition coefficient (Wildman–Crippen LogP) is 3.18. The van der Waals surface area contributed by atoms with Gasteiger partial charge in [-0.3, -0.25) is 9.59 Å². The van der Waals surface area contributed by atoms with E-state index < -0.39 is 0 Å². The first-order chi connectivity index (χ1) is 12.7. The number of benzene rings is 2. The van der Waals surface area contributed by atoms with Crippen molar-refractivity contribution >= 4 is 16.8 Å². The van der Waals surface area contributed by atoms with E-state index in [4.69, 9.17) is 4.74 Å². The highest BCUT2D eigenvalue weighted by Crippen LogP contribution is 2.27. The lowest BCUT2D eigenvalue weighted by molar-refractivity contribution is 0.0673. The van der Waals surface area contributed by atoms with E-state index in [-0.39, 0.29) is 23.6 Å². The fourth-order valence-electron chi connectivity index (χ4n) is 3.52. The van der Waals surface area contributed by atoms with Crippen LogP contribution in [0.4, 0.5) is 0 Å². The zero-order valence-electron chi connectivity index (χ0n) is 14.3. The van der Waals surface area contributed by atoms with E-state index in [1.807, 2.05) is 30.3 Å². The minimum Gasteiger partial charge on any atom is -0.376 e. The molecule has 1 fully saturated rings. The van der Waals surface area contributed by atoms with Crippen LogP contribution in [0.15, 0.2) is 65.5 Å². The van der Waals surface area contributed by atoms with Crippen LogP contribution in [0.1, 0.15) is 34.8 Å². The number of pyridine rings is 1. The highest BCUT2D eigenvalue weighted by atomic mass is 16.5. The minimum absolute atomic E-state index is 0.0314. The summed E-state index contributed by atoms with van der Waals surface area (Å²) in [7, 11) is 0. The molecule has 1 aromatic heterocycles. The van der Waals surface area contributed by atoms with Gasteiger partial charge in [-0.05, 0) is 36.6 Å². The number of aromatic nitrogens is 1. The topological polar surface area (TPSA) is 71.2 Å². The molecular weight excluding hydrogens is 328 g/mol. The Kier molecular flexibility index (Phi) is 4.54. The highest BCUT2D eigenvalue weighted by molar-refractivity contribution is 6.06. The standard InChI is InChI=1S/C21H20N2O3/c24-19-12-11-15-16(8-4-9-17(15)22-19)21(25)23-20(18-10-5-13-26-18)14-6-2-1-3-7-14/h1-4,6-9,11-12,18,20H,5,10,13H2,(H,22,24)(H,23,25). The third-order valence-electron chi connectivity index (χ3n) is 4.79. The van der Waals surface area contributed by atoms with Crippen molar-refractivity contribution in [3.05, 3.63) is 82.1 Å². The molecule has 1 aliphatic heterocycles. The third kappa shape index (κ3) is 3.26. The van der Waals surface area contributed by atoms with Gasteiger partial charge in [0.05, 0.1) is 12.1 Å². The molecule has 2 aromatic carbocycles. The van der Waals surface area contributed by atoms with Crippen LogP contribution >= 0.6 is 0 Å². The smallest absolute Gasteiger partial charge is 0.252 e. The molecule has 2 atom stereocenters. The van der Waals surface area contributed by atoms with Crippen molar-refractivity contribution in [3.63, 3.8) is 0 Å². The molecule has 26 heavy (non-hydrogen) atoms. The maximum Gasteiger partial charge on any atom is 0.252 e. The number of fused-ring (bicyclic) bond motifs is 1. The second-order valence-electron chi connectivity index (χ2n) is 6.50. The molecule has 2 unspecified atom stereocenters. The molecule has 0 saturated carbocycles. The van der Waals surface area contributed by atoms with Gasteiger partial charge in [0, 0.05) is 29.1 Å². The van der Waals surface area contributed by atoms with Crippen LogP contribution in [0, 0.1) is 0 Å². The van der Waals surface area contributed by atoms with Gasteiger partial charge in [0.2, 0.25) is 5.56 Å². The fraction of sp³-hybridized carbons (Fsp3) is 0.238. The fourth-order valence-corrected chi connectivity index (χ4v) is 3.52. The van der Waals surface area contributed by atoms with Gasteiger partial charge in [-0.2, -0.15) is 0 Å². The highest BCUT2D eigenvalue weighted by Gasteiger charge is 2.29. The molecule has 0 spiro atoms. The van der Waals surface area contributed by atoms with Crippen LogP contribution < -0.4 is 10.9 Å². The van der Waals surface area contributed by atoms with E-state index in [1.54, 1.807) is 24.3 Å². The summed E-state index contributed by atoms with van der Waals surface area (Å²) >= 11 is 0. The lowest BCUT2D eigenvalue weighted by Gasteiger charge is -2.25. The van der Waals surface area contributed by atoms with Crippen molar-refractivity contribution in [2.75, 3.05) is 6.61 Å². The molecule has 132 valence electrons.